The molecule has 1 heterocycles. The molecule has 3 aliphatic carbocycles. The maximum absolute atomic E-state index is 7.05. The third-order valence-corrected chi connectivity index (χ3v) is 16.8. The van der Waals surface area contributed by atoms with Crippen LogP contribution in [0.25, 0.3) is 55.3 Å². The van der Waals surface area contributed by atoms with E-state index in [9.17, 15) is 0 Å². The maximum atomic E-state index is 7.05. The summed E-state index contributed by atoms with van der Waals surface area (Å²) in [5.41, 5.74) is 25.0. The molecule has 1 aromatic heterocycles. The Labute approximate surface area is 419 Å². The monoisotopic (exact) mass is 919 g/mol. The minimum atomic E-state index is -0.544. The molecule has 0 N–H and O–H groups in total. The molecule has 13 rings (SSSR count). The van der Waals surface area contributed by atoms with Crippen molar-refractivity contribution in [1.82, 2.24) is 0 Å². The number of benzene rings is 9. The lowest BCUT2D eigenvalue weighted by molar-refractivity contribution is 0.559. The van der Waals surface area contributed by atoms with Crippen molar-refractivity contribution in [3.63, 3.8) is 0 Å². The first-order valence-corrected chi connectivity index (χ1v) is 25.6. The fraction of sp³-hybridized carbons (Fsp3) is 0.217. The van der Waals surface area contributed by atoms with Crippen LogP contribution in [0.4, 0.5) is 17.1 Å². The molecule has 0 saturated heterocycles. The molecule has 2 nitrogen and oxygen atoms in total. The zero-order chi connectivity index (χ0) is 49.0. The van der Waals surface area contributed by atoms with Crippen molar-refractivity contribution in [2.24, 2.45) is 0 Å². The van der Waals surface area contributed by atoms with E-state index in [1.165, 1.54) is 105 Å². The van der Waals surface area contributed by atoms with Crippen LogP contribution >= 0.6 is 0 Å². The van der Waals surface area contributed by atoms with Gasteiger partial charge in [-0.1, -0.05) is 215 Å². The van der Waals surface area contributed by atoms with Gasteiger partial charge in [0.1, 0.15) is 11.2 Å². The highest BCUT2D eigenvalue weighted by atomic mass is 16.3. The van der Waals surface area contributed by atoms with Crippen LogP contribution < -0.4 is 4.90 Å². The number of furan rings is 1. The second-order valence-corrected chi connectivity index (χ2v) is 23.7. The molecule has 2 heteroatoms. The van der Waals surface area contributed by atoms with Gasteiger partial charge in [0, 0.05) is 38.5 Å². The molecular formula is C69H61NO. The van der Waals surface area contributed by atoms with E-state index >= 15 is 0 Å². The topological polar surface area (TPSA) is 16.4 Å². The molecule has 9 aromatic carbocycles. The quantitative estimate of drug-likeness (QED) is 0.171. The lowest BCUT2D eigenvalue weighted by atomic mass is 9.67. The van der Waals surface area contributed by atoms with Crippen LogP contribution in [-0.2, 0) is 27.1 Å². The van der Waals surface area contributed by atoms with Crippen molar-refractivity contribution in [2.75, 3.05) is 4.90 Å². The van der Waals surface area contributed by atoms with Gasteiger partial charge in [-0.2, -0.15) is 0 Å². The first kappa shape index (κ1) is 43.6. The van der Waals surface area contributed by atoms with Gasteiger partial charge in [0.15, 0.2) is 0 Å². The smallest absolute Gasteiger partial charge is 0.139 e. The molecule has 0 unspecified atom stereocenters. The largest absolute Gasteiger partial charge is 0.456 e. The van der Waals surface area contributed by atoms with Crippen molar-refractivity contribution >= 4 is 39.0 Å². The van der Waals surface area contributed by atoms with E-state index in [-0.39, 0.29) is 16.2 Å². The van der Waals surface area contributed by atoms with Crippen LogP contribution in [0.5, 0.6) is 0 Å². The molecule has 3 aliphatic rings. The first-order valence-electron chi connectivity index (χ1n) is 25.6. The maximum Gasteiger partial charge on any atom is 0.139 e. The van der Waals surface area contributed by atoms with Gasteiger partial charge < -0.3 is 9.32 Å². The van der Waals surface area contributed by atoms with Gasteiger partial charge in [-0.05, 0) is 137 Å². The normalized spacial score (nSPS) is 15.5. The SMILES string of the molecule is CC(C)(C)c1cc(C(C)(C)C)c2oc3ccc4c(c3c2c1)C(C)(C)c1c-4cccc1N(c1cccc(C2(c3ccccc3)c3ccccc3-c3ccccc32)c1)c1ccc2c(c1)C(C)(C)c1ccccc1-2. The Morgan fingerprint density at radius 2 is 0.958 bits per heavy atom. The van der Waals surface area contributed by atoms with Gasteiger partial charge in [0.2, 0.25) is 0 Å². The summed E-state index contributed by atoms with van der Waals surface area (Å²) in [7, 11) is 0. The van der Waals surface area contributed by atoms with Gasteiger partial charge in [-0.25, -0.2) is 0 Å². The van der Waals surface area contributed by atoms with Crippen molar-refractivity contribution < 1.29 is 4.42 Å². The molecule has 71 heavy (non-hydrogen) atoms. The minimum absolute atomic E-state index is 0.0377. The summed E-state index contributed by atoms with van der Waals surface area (Å²) < 4.78 is 7.05. The zero-order valence-electron chi connectivity index (χ0n) is 42.8. The van der Waals surface area contributed by atoms with Crippen molar-refractivity contribution in [1.29, 1.82) is 0 Å². The summed E-state index contributed by atoms with van der Waals surface area (Å²) >= 11 is 0. The van der Waals surface area contributed by atoms with E-state index in [0.717, 1.165) is 22.5 Å². The van der Waals surface area contributed by atoms with Gasteiger partial charge in [0.25, 0.3) is 0 Å². The first-order chi connectivity index (χ1) is 34.0. The third kappa shape index (κ3) is 6.00. The van der Waals surface area contributed by atoms with Gasteiger partial charge in [-0.15, -0.1) is 0 Å². The number of fused-ring (bicyclic) bond motifs is 13. The number of hydrogen-bond donors (Lipinski definition) is 0. The molecule has 0 fully saturated rings. The Balaban J connectivity index is 1.08. The highest BCUT2D eigenvalue weighted by molar-refractivity contribution is 6.13. The van der Waals surface area contributed by atoms with Crippen LogP contribution in [0.3, 0.4) is 0 Å². The lowest BCUT2D eigenvalue weighted by Crippen LogP contribution is -2.29. The zero-order valence-corrected chi connectivity index (χ0v) is 42.8. The summed E-state index contributed by atoms with van der Waals surface area (Å²) in [6.07, 6.45) is 0. The van der Waals surface area contributed by atoms with Gasteiger partial charge >= 0.3 is 0 Å². The molecular weight excluding hydrogens is 859 g/mol. The highest BCUT2D eigenvalue weighted by Gasteiger charge is 2.47. The Morgan fingerprint density at radius 3 is 1.63 bits per heavy atom. The number of anilines is 3. The Kier molecular flexibility index (Phi) is 9.09. The average molecular weight is 920 g/mol. The van der Waals surface area contributed by atoms with E-state index in [4.69, 9.17) is 4.42 Å². The van der Waals surface area contributed by atoms with Crippen molar-refractivity contribution in [2.45, 2.75) is 96.3 Å². The van der Waals surface area contributed by atoms with E-state index in [2.05, 4.69) is 262 Å². The summed E-state index contributed by atoms with van der Waals surface area (Å²) in [4.78, 5) is 2.58. The van der Waals surface area contributed by atoms with Crippen LogP contribution in [0, 0.1) is 0 Å². The fourth-order valence-corrected chi connectivity index (χ4v) is 13.4. The van der Waals surface area contributed by atoms with E-state index in [1.54, 1.807) is 0 Å². The number of rotatable bonds is 5. The van der Waals surface area contributed by atoms with Crippen LogP contribution in [-0.4, -0.2) is 0 Å². The summed E-state index contributed by atoms with van der Waals surface area (Å²) in [6.45, 7) is 23.6. The average Bonchev–Trinajstić information content (AvgIpc) is 4.03. The third-order valence-electron chi connectivity index (χ3n) is 16.8. The number of hydrogen-bond acceptors (Lipinski definition) is 2. The van der Waals surface area contributed by atoms with E-state index in [1.807, 2.05) is 0 Å². The van der Waals surface area contributed by atoms with Gasteiger partial charge in [0.05, 0.1) is 11.1 Å². The second-order valence-electron chi connectivity index (χ2n) is 23.7. The molecule has 0 aliphatic heterocycles. The second kappa shape index (κ2) is 14.8. The van der Waals surface area contributed by atoms with Crippen LogP contribution in [0.2, 0.25) is 0 Å². The predicted octanol–water partition coefficient (Wildman–Crippen LogP) is 18.6. The molecule has 0 radical (unpaired) electrons. The Hall–Kier alpha value is -7.42. The molecule has 0 bridgehead atoms. The lowest BCUT2D eigenvalue weighted by Gasteiger charge is -2.36. The molecule has 348 valence electrons. The Bertz CT molecular complexity index is 3800. The van der Waals surface area contributed by atoms with Crippen LogP contribution in [0.1, 0.15) is 125 Å². The Morgan fingerprint density at radius 1 is 0.408 bits per heavy atom. The standard InChI is InChI=1S/C69H61NO/c1-65(2,3)44-39-53-61-60(71-64(53)58(40-44)66(4,5)6)37-36-52-51-29-21-33-59(62(51)68(9,10)63(52)61)70(46-34-35-50-47-26-14-17-30-54(47)67(7,8)57(50)41-46)45-25-20-24-43(38-45)69(42-22-12-11-13-23-42)55-31-18-15-27-48(55)49-28-16-19-32-56(49)69/h11-41H,1-10H3. The molecule has 10 aromatic rings. The van der Waals surface area contributed by atoms with Crippen molar-refractivity contribution in [3.8, 4) is 33.4 Å². The highest BCUT2D eigenvalue weighted by Crippen LogP contribution is 2.60. The van der Waals surface area contributed by atoms with E-state index in [0.29, 0.717) is 0 Å². The molecule has 0 saturated carbocycles. The molecule has 0 amide bonds. The summed E-state index contributed by atoms with van der Waals surface area (Å²) in [5, 5.41) is 2.44. The summed E-state index contributed by atoms with van der Waals surface area (Å²) in [6, 6.07) is 71.4. The fourth-order valence-electron chi connectivity index (χ4n) is 13.4. The number of nitrogens with zero attached hydrogens (tertiary/aromatic N) is 1. The van der Waals surface area contributed by atoms with Crippen molar-refractivity contribution in [3.05, 3.63) is 244 Å². The predicted molar refractivity (Wildman–Crippen MR) is 298 cm³/mol. The molecule has 0 atom stereocenters. The summed E-state index contributed by atoms with van der Waals surface area (Å²) in [5.74, 6) is 0. The minimum Gasteiger partial charge on any atom is -0.456 e. The van der Waals surface area contributed by atoms with E-state index < -0.39 is 10.8 Å². The molecule has 0 spiro atoms. The van der Waals surface area contributed by atoms with Crippen LogP contribution in [0.15, 0.2) is 192 Å². The van der Waals surface area contributed by atoms with Gasteiger partial charge in [-0.3, -0.25) is 0 Å².